The average Bonchev–Trinajstić information content (AvgIpc) is 2.81. The number of carbonyl (C=O) groups is 1. The van der Waals surface area contributed by atoms with Gasteiger partial charge in [-0.05, 0) is 50.6 Å². The number of hydrogen-bond donors (Lipinski definition) is 0. The zero-order valence-electron chi connectivity index (χ0n) is 19.5. The molecule has 0 amide bonds. The molecule has 166 valence electrons. The van der Waals surface area contributed by atoms with Crippen molar-refractivity contribution in [2.75, 3.05) is 6.61 Å². The third kappa shape index (κ3) is 6.99. The number of hydrogen-bond acceptors (Lipinski definition) is 4. The van der Waals surface area contributed by atoms with Crippen molar-refractivity contribution in [3.8, 4) is 23.3 Å². The predicted octanol–water partition coefficient (Wildman–Crippen LogP) is 7.30. The van der Waals surface area contributed by atoms with Crippen molar-refractivity contribution in [3.05, 3.63) is 89.5 Å². The van der Waals surface area contributed by atoms with E-state index in [0.29, 0.717) is 22.8 Å². The van der Waals surface area contributed by atoms with Crippen molar-refractivity contribution < 1.29 is 14.3 Å². The van der Waals surface area contributed by atoms with E-state index in [0.717, 1.165) is 11.1 Å². The van der Waals surface area contributed by atoms with Crippen LogP contribution in [0.4, 0.5) is 0 Å². The lowest BCUT2D eigenvalue weighted by molar-refractivity contribution is 0.0913. The fourth-order valence-electron chi connectivity index (χ4n) is 2.98. The summed E-state index contributed by atoms with van der Waals surface area (Å²) >= 11 is 0. The molecule has 0 heterocycles. The molecule has 0 fully saturated rings. The van der Waals surface area contributed by atoms with Gasteiger partial charge >= 0.3 is 0 Å². The maximum atomic E-state index is 12.7. The van der Waals surface area contributed by atoms with E-state index in [2.05, 4.69) is 6.07 Å². The van der Waals surface area contributed by atoms with E-state index in [9.17, 15) is 10.1 Å². The van der Waals surface area contributed by atoms with Gasteiger partial charge in [-0.25, -0.2) is 0 Å². The fraction of sp³-hybridized carbons (Fsp3) is 0.286. The van der Waals surface area contributed by atoms with E-state index in [4.69, 9.17) is 9.47 Å². The summed E-state index contributed by atoms with van der Waals surface area (Å²) in [6, 6.07) is 24.7. The van der Waals surface area contributed by atoms with Gasteiger partial charge in [0.1, 0.15) is 12.4 Å². The third-order valence-corrected chi connectivity index (χ3v) is 4.81. The summed E-state index contributed by atoms with van der Waals surface area (Å²) < 4.78 is 12.0. The molecule has 1 unspecified atom stereocenters. The van der Waals surface area contributed by atoms with Gasteiger partial charge in [0.05, 0.1) is 11.5 Å². The molecule has 1 atom stereocenters. The Morgan fingerprint density at radius 2 is 1.53 bits per heavy atom. The molecule has 3 aromatic rings. The number of Topliss-reactive ketones (excluding diaryl/α,β-unsaturated/α-hetero) is 1. The fourth-order valence-corrected chi connectivity index (χ4v) is 2.98. The number of rotatable bonds is 8. The molecule has 0 spiro atoms. The first-order valence-corrected chi connectivity index (χ1v) is 10.9. The topological polar surface area (TPSA) is 59.3 Å². The minimum atomic E-state index is -0.963. The van der Waals surface area contributed by atoms with Crippen molar-refractivity contribution in [1.29, 1.82) is 5.26 Å². The third-order valence-electron chi connectivity index (χ3n) is 4.81. The molecule has 0 aliphatic heterocycles. The van der Waals surface area contributed by atoms with Gasteiger partial charge < -0.3 is 9.47 Å². The monoisotopic (exact) mass is 429 g/mol. The van der Waals surface area contributed by atoms with Crippen LogP contribution in [0, 0.1) is 30.6 Å². The highest BCUT2D eigenvalue weighted by Crippen LogP contribution is 2.34. The molecular formula is C28H31NO3. The van der Waals surface area contributed by atoms with Gasteiger partial charge in [-0.2, -0.15) is 5.26 Å². The molecule has 0 N–H and O–H groups in total. The van der Waals surface area contributed by atoms with Gasteiger partial charge in [0.25, 0.3) is 0 Å². The summed E-state index contributed by atoms with van der Waals surface area (Å²) in [5.41, 5.74) is 1.74. The van der Waals surface area contributed by atoms with E-state index in [1.165, 1.54) is 0 Å². The highest BCUT2D eigenvalue weighted by atomic mass is 16.5. The average molecular weight is 430 g/mol. The van der Waals surface area contributed by atoms with Crippen LogP contribution in [0.3, 0.4) is 0 Å². The lowest BCUT2D eigenvalue weighted by Gasteiger charge is -2.22. The molecule has 3 rings (SSSR count). The summed E-state index contributed by atoms with van der Waals surface area (Å²) in [4.78, 5) is 12.7. The number of benzene rings is 3. The standard InChI is InChI=1S/C26H25NO3.C2H6/c1-19-9-12-21(13-10-19)23(28)16-26(3,17-27)18-29-25-15-20(2)11-14-24(25)30-22-7-5-4-6-8-22;1-2/h4-15H,16,18H2,1-3H3;1-2H3. The van der Waals surface area contributed by atoms with Crippen LogP contribution in [0.1, 0.15) is 48.7 Å². The molecule has 0 aliphatic carbocycles. The predicted molar refractivity (Wildman–Crippen MR) is 128 cm³/mol. The van der Waals surface area contributed by atoms with Crippen molar-refractivity contribution in [2.24, 2.45) is 5.41 Å². The van der Waals surface area contributed by atoms with Crippen LogP contribution in [-0.2, 0) is 0 Å². The van der Waals surface area contributed by atoms with E-state index in [1.54, 1.807) is 19.1 Å². The van der Waals surface area contributed by atoms with Crippen LogP contribution in [-0.4, -0.2) is 12.4 Å². The molecule has 0 aliphatic rings. The lowest BCUT2D eigenvalue weighted by Crippen LogP contribution is -2.27. The zero-order chi connectivity index (χ0) is 23.6. The van der Waals surface area contributed by atoms with Gasteiger partial charge in [0, 0.05) is 12.0 Å². The molecule has 0 saturated carbocycles. The summed E-state index contributed by atoms with van der Waals surface area (Å²) in [6.07, 6.45) is 0.0766. The highest BCUT2D eigenvalue weighted by Gasteiger charge is 2.29. The molecule has 3 aromatic carbocycles. The number of aryl methyl sites for hydroxylation is 2. The van der Waals surface area contributed by atoms with Crippen LogP contribution in [0.15, 0.2) is 72.8 Å². The van der Waals surface area contributed by atoms with Crippen LogP contribution in [0.5, 0.6) is 17.2 Å². The summed E-state index contributed by atoms with van der Waals surface area (Å²) in [5, 5.41) is 9.75. The Labute approximate surface area is 191 Å². The lowest BCUT2D eigenvalue weighted by atomic mass is 9.85. The maximum absolute atomic E-state index is 12.7. The minimum Gasteiger partial charge on any atom is -0.488 e. The maximum Gasteiger partial charge on any atom is 0.169 e. The second kappa shape index (κ2) is 11.7. The molecule has 0 saturated heterocycles. The summed E-state index contributed by atoms with van der Waals surface area (Å²) in [7, 11) is 0. The molecule has 4 nitrogen and oxygen atoms in total. The number of nitriles is 1. The first kappa shape index (κ1) is 24.7. The highest BCUT2D eigenvalue weighted by molar-refractivity contribution is 5.96. The van der Waals surface area contributed by atoms with E-state index >= 15 is 0 Å². The van der Waals surface area contributed by atoms with Crippen molar-refractivity contribution in [2.45, 2.75) is 41.0 Å². The van der Waals surface area contributed by atoms with Crippen LogP contribution < -0.4 is 9.47 Å². The van der Waals surface area contributed by atoms with E-state index < -0.39 is 5.41 Å². The van der Waals surface area contributed by atoms with Crippen LogP contribution in [0.25, 0.3) is 0 Å². The number of carbonyl (C=O) groups excluding carboxylic acids is 1. The first-order valence-electron chi connectivity index (χ1n) is 10.9. The second-order valence-electron chi connectivity index (χ2n) is 7.79. The Morgan fingerprint density at radius 1 is 0.906 bits per heavy atom. The molecule has 32 heavy (non-hydrogen) atoms. The first-order chi connectivity index (χ1) is 15.4. The molecule has 0 aromatic heterocycles. The molecule has 0 bridgehead atoms. The number of ketones is 1. The van der Waals surface area contributed by atoms with Crippen LogP contribution in [0.2, 0.25) is 0 Å². The SMILES string of the molecule is CC.Cc1ccc(C(=O)CC(C)(C#N)COc2cc(C)ccc2Oc2ccccc2)cc1. The Morgan fingerprint density at radius 3 is 2.16 bits per heavy atom. The molecular weight excluding hydrogens is 398 g/mol. The summed E-state index contributed by atoms with van der Waals surface area (Å²) in [6.45, 7) is 9.75. The number of nitrogens with zero attached hydrogens (tertiary/aromatic N) is 1. The van der Waals surface area contributed by atoms with Gasteiger partial charge in [-0.1, -0.05) is 67.9 Å². The Hall–Kier alpha value is -3.58. The quantitative estimate of drug-likeness (QED) is 0.352. The van der Waals surface area contributed by atoms with Crippen molar-refractivity contribution in [3.63, 3.8) is 0 Å². The zero-order valence-corrected chi connectivity index (χ0v) is 19.5. The van der Waals surface area contributed by atoms with E-state index in [-0.39, 0.29) is 18.8 Å². The summed E-state index contributed by atoms with van der Waals surface area (Å²) in [5.74, 6) is 1.73. The van der Waals surface area contributed by atoms with Crippen LogP contribution >= 0.6 is 0 Å². The smallest absolute Gasteiger partial charge is 0.169 e. The molecule has 4 heteroatoms. The van der Waals surface area contributed by atoms with Gasteiger partial charge in [0.2, 0.25) is 0 Å². The Bertz CT molecular complexity index is 1050. The number of para-hydroxylation sites is 1. The normalized spacial score (nSPS) is 11.9. The Kier molecular flexibility index (Phi) is 9.04. The Balaban J connectivity index is 0.00000176. The van der Waals surface area contributed by atoms with Gasteiger partial charge in [-0.3, -0.25) is 4.79 Å². The molecule has 0 radical (unpaired) electrons. The minimum absolute atomic E-state index is 0.0762. The van der Waals surface area contributed by atoms with E-state index in [1.807, 2.05) is 88.4 Å². The van der Waals surface area contributed by atoms with Gasteiger partial charge in [0.15, 0.2) is 17.3 Å². The second-order valence-corrected chi connectivity index (χ2v) is 7.79. The largest absolute Gasteiger partial charge is 0.488 e. The number of ether oxygens (including phenoxy) is 2. The van der Waals surface area contributed by atoms with Crippen molar-refractivity contribution in [1.82, 2.24) is 0 Å². The van der Waals surface area contributed by atoms with Crippen molar-refractivity contribution >= 4 is 5.78 Å². The van der Waals surface area contributed by atoms with Gasteiger partial charge in [-0.15, -0.1) is 0 Å².